The fourth-order valence-electron chi connectivity index (χ4n) is 2.12. The van der Waals surface area contributed by atoms with E-state index >= 15 is 0 Å². The van der Waals surface area contributed by atoms with Crippen molar-refractivity contribution in [3.63, 3.8) is 0 Å². The lowest BCUT2D eigenvalue weighted by molar-refractivity contribution is 0.154. The summed E-state index contributed by atoms with van der Waals surface area (Å²) in [6.07, 6.45) is -1.10. The first-order valence-corrected chi connectivity index (χ1v) is 7.78. The molecule has 9 heteroatoms. The van der Waals surface area contributed by atoms with E-state index < -0.39 is 12.2 Å². The van der Waals surface area contributed by atoms with Crippen molar-refractivity contribution in [1.82, 2.24) is 14.9 Å². The number of anilines is 1. The van der Waals surface area contributed by atoms with Crippen LogP contribution in [0.3, 0.4) is 0 Å². The van der Waals surface area contributed by atoms with E-state index in [4.69, 9.17) is 21.7 Å². The molecule has 0 fully saturated rings. The first-order chi connectivity index (χ1) is 11.5. The molecule has 0 radical (unpaired) electrons. The summed E-state index contributed by atoms with van der Waals surface area (Å²) in [5.74, 6) is 0.521. The lowest BCUT2D eigenvalue weighted by atomic mass is 10.3. The zero-order valence-corrected chi connectivity index (χ0v) is 14.4. The van der Waals surface area contributed by atoms with Gasteiger partial charge in [-0.2, -0.15) is 0 Å². The van der Waals surface area contributed by atoms with Gasteiger partial charge < -0.3 is 14.8 Å². The number of rotatable bonds is 3. The summed E-state index contributed by atoms with van der Waals surface area (Å²) in [6, 6.07) is 5.16. The number of carbonyl (C=O) groups is 2. The maximum absolute atomic E-state index is 12.0. The van der Waals surface area contributed by atoms with Crippen molar-refractivity contribution in [2.75, 3.05) is 18.5 Å². The number of carbonyl (C=O) groups excluding carboxylic acids is 2. The van der Waals surface area contributed by atoms with Crippen molar-refractivity contribution < 1.29 is 19.1 Å². The van der Waals surface area contributed by atoms with Crippen LogP contribution < -0.4 is 10.6 Å². The molecule has 128 valence electrons. The SMILES string of the molecule is CCOC(=O)NC(=S)Nc1ccc2c(c1)nc(C)n2C(=O)OCC. The fraction of sp³-hybridized carbons (Fsp3) is 0.333. The van der Waals surface area contributed by atoms with Crippen LogP contribution in [0.2, 0.25) is 0 Å². The molecule has 1 amide bonds. The number of aryl methyl sites for hydroxylation is 1. The van der Waals surface area contributed by atoms with Crippen LogP contribution in [0, 0.1) is 6.92 Å². The molecule has 2 N–H and O–H groups in total. The van der Waals surface area contributed by atoms with Crippen molar-refractivity contribution in [3.05, 3.63) is 24.0 Å². The molecule has 0 unspecified atom stereocenters. The van der Waals surface area contributed by atoms with E-state index in [1.807, 2.05) is 0 Å². The van der Waals surface area contributed by atoms with Crippen LogP contribution in [0.5, 0.6) is 0 Å². The summed E-state index contributed by atoms with van der Waals surface area (Å²) in [4.78, 5) is 27.6. The number of hydrogen-bond donors (Lipinski definition) is 2. The number of ether oxygens (including phenoxy) is 2. The number of hydrogen-bond acceptors (Lipinski definition) is 6. The number of imidazole rings is 1. The molecule has 0 atom stereocenters. The normalized spacial score (nSPS) is 10.3. The summed E-state index contributed by atoms with van der Waals surface area (Å²) in [5.41, 5.74) is 1.85. The van der Waals surface area contributed by atoms with Crippen molar-refractivity contribution in [1.29, 1.82) is 0 Å². The van der Waals surface area contributed by atoms with Crippen LogP contribution in [0.4, 0.5) is 15.3 Å². The maximum atomic E-state index is 12.0. The highest BCUT2D eigenvalue weighted by molar-refractivity contribution is 7.80. The van der Waals surface area contributed by atoms with Gasteiger partial charge in [0.2, 0.25) is 0 Å². The Hall–Kier alpha value is -2.68. The number of nitrogens with zero attached hydrogens (tertiary/aromatic N) is 2. The van der Waals surface area contributed by atoms with Crippen LogP contribution in [0.15, 0.2) is 18.2 Å². The number of fused-ring (bicyclic) bond motifs is 1. The van der Waals surface area contributed by atoms with Gasteiger partial charge in [0.25, 0.3) is 0 Å². The zero-order valence-electron chi connectivity index (χ0n) is 13.6. The third-order valence-corrected chi connectivity index (χ3v) is 3.23. The second-order valence-electron chi connectivity index (χ2n) is 4.70. The Balaban J connectivity index is 2.19. The fourth-order valence-corrected chi connectivity index (χ4v) is 2.32. The summed E-state index contributed by atoms with van der Waals surface area (Å²) in [6.45, 7) is 5.70. The van der Waals surface area contributed by atoms with Crippen LogP contribution in [0.25, 0.3) is 11.0 Å². The number of alkyl carbamates (subject to hydrolysis) is 1. The number of amides is 1. The molecular weight excluding hydrogens is 332 g/mol. The smallest absolute Gasteiger partial charge is 0.419 e. The molecule has 2 aromatic rings. The Morgan fingerprint density at radius 2 is 1.96 bits per heavy atom. The van der Waals surface area contributed by atoms with Gasteiger partial charge in [0, 0.05) is 5.69 Å². The second-order valence-corrected chi connectivity index (χ2v) is 5.10. The maximum Gasteiger partial charge on any atom is 0.419 e. The summed E-state index contributed by atoms with van der Waals surface area (Å²) < 4.78 is 11.2. The molecule has 1 aromatic heterocycles. The van der Waals surface area contributed by atoms with Gasteiger partial charge in [0.05, 0.1) is 24.2 Å². The van der Waals surface area contributed by atoms with Gasteiger partial charge in [-0.1, -0.05) is 0 Å². The molecule has 0 aliphatic carbocycles. The zero-order chi connectivity index (χ0) is 17.7. The highest BCUT2D eigenvalue weighted by Crippen LogP contribution is 2.20. The molecule has 1 aromatic carbocycles. The average molecular weight is 350 g/mol. The lowest BCUT2D eigenvalue weighted by Crippen LogP contribution is -2.34. The molecule has 0 spiro atoms. The lowest BCUT2D eigenvalue weighted by Gasteiger charge is -2.09. The average Bonchev–Trinajstić information content (AvgIpc) is 2.82. The number of nitrogens with one attached hydrogen (secondary N) is 2. The number of benzene rings is 1. The molecule has 24 heavy (non-hydrogen) atoms. The van der Waals surface area contributed by atoms with Gasteiger partial charge in [-0.3, -0.25) is 5.32 Å². The summed E-state index contributed by atoms with van der Waals surface area (Å²) in [5, 5.41) is 5.35. The van der Waals surface area contributed by atoms with Crippen LogP contribution in [0.1, 0.15) is 19.7 Å². The van der Waals surface area contributed by atoms with Crippen molar-refractivity contribution in [2.45, 2.75) is 20.8 Å². The predicted molar refractivity (Wildman–Crippen MR) is 93.3 cm³/mol. The van der Waals surface area contributed by atoms with Crippen molar-refractivity contribution >= 4 is 46.2 Å². The van der Waals surface area contributed by atoms with E-state index in [0.717, 1.165) is 0 Å². The second kappa shape index (κ2) is 7.73. The minimum Gasteiger partial charge on any atom is -0.450 e. The molecule has 0 saturated carbocycles. The Labute approximate surface area is 144 Å². The molecule has 0 aliphatic heterocycles. The van der Waals surface area contributed by atoms with Gasteiger partial charge >= 0.3 is 12.2 Å². The largest absolute Gasteiger partial charge is 0.450 e. The van der Waals surface area contributed by atoms with Crippen LogP contribution in [-0.2, 0) is 9.47 Å². The van der Waals surface area contributed by atoms with Crippen molar-refractivity contribution in [3.8, 4) is 0 Å². The molecule has 2 rings (SSSR count). The van der Waals surface area contributed by atoms with E-state index in [1.54, 1.807) is 39.0 Å². The highest BCUT2D eigenvalue weighted by atomic mass is 32.1. The molecule has 0 aliphatic rings. The molecule has 1 heterocycles. The third-order valence-electron chi connectivity index (χ3n) is 3.02. The van der Waals surface area contributed by atoms with Gasteiger partial charge in [-0.15, -0.1) is 0 Å². The minimum atomic E-state index is -0.626. The van der Waals surface area contributed by atoms with E-state index in [9.17, 15) is 9.59 Å². The number of aromatic nitrogens is 2. The van der Waals surface area contributed by atoms with E-state index in [0.29, 0.717) is 22.5 Å². The molecule has 8 nitrogen and oxygen atoms in total. The Morgan fingerprint density at radius 1 is 1.25 bits per heavy atom. The van der Waals surface area contributed by atoms with E-state index in [2.05, 4.69) is 15.6 Å². The van der Waals surface area contributed by atoms with Gasteiger partial charge in [-0.05, 0) is 51.2 Å². The Morgan fingerprint density at radius 3 is 2.62 bits per heavy atom. The quantitative estimate of drug-likeness (QED) is 0.822. The minimum absolute atomic E-state index is 0.106. The van der Waals surface area contributed by atoms with E-state index in [1.165, 1.54) is 4.57 Å². The molecular formula is C15H18N4O4S. The first kappa shape index (κ1) is 17.7. The Bertz CT molecular complexity index is 787. The van der Waals surface area contributed by atoms with Gasteiger partial charge in [0.15, 0.2) is 5.11 Å². The molecule has 0 bridgehead atoms. The van der Waals surface area contributed by atoms with Crippen molar-refractivity contribution in [2.24, 2.45) is 0 Å². The Kier molecular flexibility index (Phi) is 5.69. The summed E-state index contributed by atoms with van der Waals surface area (Å²) in [7, 11) is 0. The molecule has 0 saturated heterocycles. The van der Waals surface area contributed by atoms with Crippen LogP contribution in [-0.4, -0.2) is 40.1 Å². The van der Waals surface area contributed by atoms with Crippen LogP contribution >= 0.6 is 12.2 Å². The topological polar surface area (TPSA) is 94.5 Å². The first-order valence-electron chi connectivity index (χ1n) is 7.37. The monoisotopic (exact) mass is 350 g/mol. The number of thiocarbonyl (C=S) groups is 1. The predicted octanol–water partition coefficient (Wildman–Crippen LogP) is 2.79. The van der Waals surface area contributed by atoms with E-state index in [-0.39, 0.29) is 18.3 Å². The highest BCUT2D eigenvalue weighted by Gasteiger charge is 2.15. The van der Waals surface area contributed by atoms with Gasteiger partial charge in [-0.25, -0.2) is 19.1 Å². The summed E-state index contributed by atoms with van der Waals surface area (Å²) >= 11 is 5.03. The van der Waals surface area contributed by atoms with Gasteiger partial charge in [0.1, 0.15) is 5.82 Å². The third kappa shape index (κ3) is 3.99. The standard InChI is InChI=1S/C15H18N4O4S/c1-4-22-14(20)18-13(24)17-10-6-7-12-11(8-10)16-9(3)19(12)15(21)23-5-2/h6-8H,4-5H2,1-3H3,(H2,17,18,20,24).